The summed E-state index contributed by atoms with van der Waals surface area (Å²) >= 11 is 0. The Morgan fingerprint density at radius 1 is 1.19 bits per heavy atom. The minimum Gasteiger partial charge on any atom is -0.467 e. The topological polar surface area (TPSA) is 91.3 Å². The van der Waals surface area contributed by atoms with Crippen molar-refractivity contribution in [1.29, 1.82) is 0 Å². The smallest absolute Gasteiger partial charge is 0.405 e. The maximum absolute atomic E-state index is 13.1. The number of hydrazone groups is 1. The van der Waals surface area contributed by atoms with Crippen molar-refractivity contribution in [3.63, 3.8) is 0 Å². The van der Waals surface area contributed by atoms with Gasteiger partial charge in [0.15, 0.2) is 0 Å². The molecule has 11 heteroatoms. The summed E-state index contributed by atoms with van der Waals surface area (Å²) in [5, 5.41) is 7.63. The summed E-state index contributed by atoms with van der Waals surface area (Å²) in [5.41, 5.74) is 0.584. The van der Waals surface area contributed by atoms with E-state index in [1.165, 1.54) is 17.5 Å². The van der Waals surface area contributed by atoms with Crippen molar-refractivity contribution in [3.05, 3.63) is 48.3 Å². The maximum atomic E-state index is 13.1. The third kappa shape index (κ3) is 4.82. The fraction of sp³-hybridized carbons (Fsp3) is 0.450. The number of nitrogens with one attached hydrogen (secondary N) is 1. The minimum atomic E-state index is -4.49. The number of likely N-dealkylation sites (tertiary alicyclic amines) is 1. The lowest BCUT2D eigenvalue weighted by atomic mass is 10.1. The number of amides is 2. The van der Waals surface area contributed by atoms with Gasteiger partial charge in [-0.15, -0.1) is 0 Å². The van der Waals surface area contributed by atoms with E-state index in [0.717, 1.165) is 0 Å². The highest BCUT2D eigenvalue weighted by atomic mass is 19.4. The van der Waals surface area contributed by atoms with Gasteiger partial charge in [0, 0.05) is 6.42 Å². The quantitative estimate of drug-likeness (QED) is 0.749. The SMILES string of the molecule is O=C(NCC(F)(F)F)C1CCCN1CC(=O)N1N=C(c2ccco2)CC1c1ccco1. The fourth-order valence-electron chi connectivity index (χ4n) is 3.90. The molecule has 2 aliphatic heterocycles. The Morgan fingerprint density at radius 3 is 2.65 bits per heavy atom. The van der Waals surface area contributed by atoms with E-state index in [4.69, 9.17) is 8.83 Å². The van der Waals surface area contributed by atoms with Crippen LogP contribution in [-0.4, -0.2) is 59.3 Å². The lowest BCUT2D eigenvalue weighted by molar-refractivity contribution is -0.142. The molecule has 2 aliphatic rings. The highest BCUT2D eigenvalue weighted by Crippen LogP contribution is 2.33. The van der Waals surface area contributed by atoms with Gasteiger partial charge in [0.25, 0.3) is 5.91 Å². The molecule has 166 valence electrons. The van der Waals surface area contributed by atoms with Crippen LogP contribution in [0, 0.1) is 0 Å². The first-order valence-electron chi connectivity index (χ1n) is 9.87. The third-order valence-electron chi connectivity index (χ3n) is 5.31. The minimum absolute atomic E-state index is 0.143. The Morgan fingerprint density at radius 2 is 1.97 bits per heavy atom. The molecule has 2 unspecified atom stereocenters. The molecular weight excluding hydrogens is 417 g/mol. The molecule has 0 aliphatic carbocycles. The van der Waals surface area contributed by atoms with Gasteiger partial charge >= 0.3 is 6.18 Å². The Bertz CT molecular complexity index is 940. The molecule has 4 rings (SSSR count). The van der Waals surface area contributed by atoms with Gasteiger partial charge in [0.05, 0.1) is 25.1 Å². The van der Waals surface area contributed by atoms with E-state index in [1.807, 2.05) is 5.32 Å². The number of carbonyl (C=O) groups is 2. The lowest BCUT2D eigenvalue weighted by Crippen LogP contribution is -2.48. The summed E-state index contributed by atoms with van der Waals surface area (Å²) in [5.74, 6) is -0.0122. The van der Waals surface area contributed by atoms with Crippen LogP contribution < -0.4 is 5.32 Å². The van der Waals surface area contributed by atoms with Gasteiger partial charge in [-0.25, -0.2) is 5.01 Å². The number of carbonyl (C=O) groups excluding carboxylic acids is 2. The van der Waals surface area contributed by atoms with Gasteiger partial charge in [-0.1, -0.05) is 0 Å². The lowest BCUT2D eigenvalue weighted by Gasteiger charge is -2.26. The van der Waals surface area contributed by atoms with Gasteiger partial charge in [0.2, 0.25) is 5.91 Å². The molecule has 8 nitrogen and oxygen atoms in total. The zero-order chi connectivity index (χ0) is 22.0. The van der Waals surface area contributed by atoms with E-state index < -0.39 is 30.7 Å². The summed E-state index contributed by atoms with van der Waals surface area (Å²) in [4.78, 5) is 26.9. The summed E-state index contributed by atoms with van der Waals surface area (Å²) in [6, 6.07) is 5.66. The normalized spacial score (nSPS) is 22.0. The van der Waals surface area contributed by atoms with Gasteiger partial charge < -0.3 is 14.2 Å². The van der Waals surface area contributed by atoms with Gasteiger partial charge in [0.1, 0.15) is 29.8 Å². The summed E-state index contributed by atoms with van der Waals surface area (Å²) in [7, 11) is 0. The molecule has 2 atom stereocenters. The summed E-state index contributed by atoms with van der Waals surface area (Å²) in [6.07, 6.45) is -0.0810. The molecule has 0 bridgehead atoms. The Kier molecular flexibility index (Phi) is 5.86. The molecule has 0 spiro atoms. The molecule has 1 fully saturated rings. The number of rotatable bonds is 6. The van der Waals surface area contributed by atoms with Gasteiger partial charge in [-0.2, -0.15) is 18.3 Å². The van der Waals surface area contributed by atoms with Crippen LogP contribution in [0.3, 0.4) is 0 Å². The third-order valence-corrected chi connectivity index (χ3v) is 5.31. The number of hydrogen-bond donors (Lipinski definition) is 1. The molecule has 1 N–H and O–H groups in total. The second-order valence-electron chi connectivity index (χ2n) is 7.46. The number of hydrogen-bond acceptors (Lipinski definition) is 6. The van der Waals surface area contributed by atoms with Crippen LogP contribution in [-0.2, 0) is 9.59 Å². The first-order valence-corrected chi connectivity index (χ1v) is 9.87. The van der Waals surface area contributed by atoms with E-state index in [2.05, 4.69) is 5.10 Å². The van der Waals surface area contributed by atoms with E-state index in [0.29, 0.717) is 43.0 Å². The Hall–Kier alpha value is -3.08. The predicted molar refractivity (Wildman–Crippen MR) is 102 cm³/mol. The molecule has 0 saturated carbocycles. The van der Waals surface area contributed by atoms with Crippen LogP contribution in [0.15, 0.2) is 50.7 Å². The van der Waals surface area contributed by atoms with Gasteiger partial charge in [-0.3, -0.25) is 14.5 Å². The molecule has 2 amide bonds. The molecule has 4 heterocycles. The van der Waals surface area contributed by atoms with Gasteiger partial charge in [-0.05, 0) is 43.7 Å². The second-order valence-corrected chi connectivity index (χ2v) is 7.46. The second kappa shape index (κ2) is 8.58. The van der Waals surface area contributed by atoms with Crippen molar-refractivity contribution in [1.82, 2.24) is 15.2 Å². The summed E-state index contributed by atoms with van der Waals surface area (Å²) in [6.45, 7) is -1.10. The van der Waals surface area contributed by atoms with Crippen LogP contribution >= 0.6 is 0 Å². The van der Waals surface area contributed by atoms with Crippen molar-refractivity contribution in [3.8, 4) is 0 Å². The first-order chi connectivity index (χ1) is 14.8. The number of nitrogens with zero attached hydrogens (tertiary/aromatic N) is 3. The Balaban J connectivity index is 1.47. The number of halogens is 3. The molecule has 2 aromatic heterocycles. The maximum Gasteiger partial charge on any atom is 0.405 e. The average Bonchev–Trinajstić information content (AvgIpc) is 3.51. The zero-order valence-electron chi connectivity index (χ0n) is 16.5. The first kappa shape index (κ1) is 21.2. The van der Waals surface area contributed by atoms with Crippen molar-refractivity contribution in [2.24, 2.45) is 5.10 Å². The molecule has 0 radical (unpaired) electrons. The van der Waals surface area contributed by atoms with Crippen molar-refractivity contribution < 1.29 is 31.6 Å². The van der Waals surface area contributed by atoms with E-state index in [-0.39, 0.29) is 12.5 Å². The van der Waals surface area contributed by atoms with Crippen LogP contribution in [0.1, 0.15) is 36.8 Å². The Labute approximate surface area is 175 Å². The molecule has 31 heavy (non-hydrogen) atoms. The van der Waals surface area contributed by atoms with Crippen LogP contribution in [0.2, 0.25) is 0 Å². The molecular formula is C20H21F3N4O4. The highest BCUT2D eigenvalue weighted by molar-refractivity contribution is 6.01. The average molecular weight is 438 g/mol. The number of furan rings is 2. The van der Waals surface area contributed by atoms with E-state index in [1.54, 1.807) is 29.2 Å². The number of alkyl halides is 3. The van der Waals surface area contributed by atoms with Crippen LogP contribution in [0.25, 0.3) is 0 Å². The monoisotopic (exact) mass is 438 g/mol. The largest absolute Gasteiger partial charge is 0.467 e. The molecule has 0 aromatic carbocycles. The predicted octanol–water partition coefficient (Wildman–Crippen LogP) is 2.69. The molecule has 2 aromatic rings. The van der Waals surface area contributed by atoms with E-state index >= 15 is 0 Å². The fourth-order valence-corrected chi connectivity index (χ4v) is 3.90. The van der Waals surface area contributed by atoms with Crippen molar-refractivity contribution in [2.75, 3.05) is 19.6 Å². The standard InChI is InChI=1S/C20H21F3N4O4/c21-20(22,23)12-24-19(29)14-4-1-7-26(14)11-18(28)27-15(17-6-3-9-31-17)10-13(25-27)16-5-2-8-30-16/h2-3,5-6,8-9,14-15H,1,4,7,10-12H2,(H,24,29). The van der Waals surface area contributed by atoms with E-state index in [9.17, 15) is 22.8 Å². The summed E-state index contributed by atoms with van der Waals surface area (Å²) < 4.78 is 48.1. The van der Waals surface area contributed by atoms with Crippen molar-refractivity contribution in [2.45, 2.75) is 37.5 Å². The van der Waals surface area contributed by atoms with Crippen LogP contribution in [0.5, 0.6) is 0 Å². The van der Waals surface area contributed by atoms with Crippen LogP contribution in [0.4, 0.5) is 13.2 Å². The van der Waals surface area contributed by atoms with Crippen molar-refractivity contribution >= 4 is 17.5 Å². The zero-order valence-corrected chi connectivity index (χ0v) is 16.5. The molecule has 1 saturated heterocycles. The highest BCUT2D eigenvalue weighted by Gasteiger charge is 2.39.